The lowest BCUT2D eigenvalue weighted by atomic mass is 9.94. The second kappa shape index (κ2) is 28.2. The van der Waals surface area contributed by atoms with Crippen LogP contribution in [0.25, 0.3) is 43.1 Å². The van der Waals surface area contributed by atoms with E-state index in [0.717, 1.165) is 49.5 Å². The lowest BCUT2D eigenvalue weighted by Crippen LogP contribution is -2.58. The van der Waals surface area contributed by atoms with Gasteiger partial charge < -0.3 is 40.0 Å². The van der Waals surface area contributed by atoms with Crippen molar-refractivity contribution in [3.05, 3.63) is 168 Å². The molecule has 0 aromatic heterocycles. The number of hydrogen-bond acceptors (Lipinski definition) is 12. The molecular formula is C66H60F12N8O4. The molecule has 4 N–H and O–H groups in total. The summed E-state index contributed by atoms with van der Waals surface area (Å²) >= 11 is 0. The molecule has 2 saturated heterocycles. The summed E-state index contributed by atoms with van der Waals surface area (Å²) in [7, 11) is 2.99. The van der Waals surface area contributed by atoms with Crippen LogP contribution in [0.4, 0.5) is 75.4 Å². The van der Waals surface area contributed by atoms with Crippen molar-refractivity contribution in [2.75, 3.05) is 46.8 Å². The highest BCUT2D eigenvalue weighted by Gasteiger charge is 2.50. The number of halogens is 12. The van der Waals surface area contributed by atoms with Crippen LogP contribution in [0.1, 0.15) is 61.8 Å². The van der Waals surface area contributed by atoms with Gasteiger partial charge in [0, 0.05) is 49.9 Å². The fourth-order valence-electron chi connectivity index (χ4n) is 10.8. The fraction of sp³-hybridized carbons (Fsp3) is 0.333. The number of rotatable bonds is 10. The van der Waals surface area contributed by atoms with Crippen molar-refractivity contribution in [3.63, 3.8) is 0 Å². The van der Waals surface area contributed by atoms with Crippen LogP contribution in [-0.2, 0) is 0 Å². The lowest BCUT2D eigenvalue weighted by Gasteiger charge is -2.45. The molecule has 2 aliphatic heterocycles. The average molecular weight is 1260 g/mol. The van der Waals surface area contributed by atoms with E-state index < -0.39 is 73.3 Å². The van der Waals surface area contributed by atoms with E-state index >= 15 is 0 Å². The highest BCUT2D eigenvalue weighted by Crippen LogP contribution is 2.39. The van der Waals surface area contributed by atoms with Gasteiger partial charge >= 0.3 is 24.7 Å². The van der Waals surface area contributed by atoms with E-state index in [1.54, 1.807) is 143 Å². The van der Waals surface area contributed by atoms with E-state index in [1.807, 2.05) is 12.1 Å². The Morgan fingerprint density at radius 1 is 0.411 bits per heavy atom. The van der Waals surface area contributed by atoms with Crippen LogP contribution in [0.15, 0.2) is 146 Å². The Morgan fingerprint density at radius 2 is 0.722 bits per heavy atom. The molecule has 10 rings (SSSR count). The Kier molecular flexibility index (Phi) is 21.4. The number of nitriles is 4. The second-order valence-electron chi connectivity index (χ2n) is 21.7. The molecule has 2 fully saturated rings. The highest BCUT2D eigenvalue weighted by atomic mass is 19.4. The third-order valence-corrected chi connectivity index (χ3v) is 16.2. The van der Waals surface area contributed by atoms with Crippen LogP contribution in [0.3, 0.4) is 0 Å². The molecule has 8 atom stereocenters. The standard InChI is InChI=1S/C18H17F3N2O.C16H13F3N2O.2C16H15F3N2O/c19-18(20,21)17(24)16-6-1-2-9-23(16)14-7-8-15-12(10-14)4-3-5-13(15)11-22;17-16(18,19)15(22)14-6-7-21(14)12-4-5-13-10(8-12)2-1-3-11(13)9-20;2*1-10(15(22)16(17,18)19)21(2)13-6-7-14-11(8-13)4-3-5-12(14)9-20/h3-5,7-8,10,16-17,24H,1-2,6,9H2;1-5,8,14-15,22H,6-7H2;2*3-8,10,15,22H,1-2H3/t16?,17-;14?,15-;10-,15+;10-,15-/m1011/s1. The number of likely N-dealkylation sites (N-methyl/N-ethyl adjacent to an activating group) is 2. The van der Waals surface area contributed by atoms with Crippen molar-refractivity contribution in [2.45, 2.75) is 113 Å². The zero-order valence-corrected chi connectivity index (χ0v) is 48.6. The maximum Gasteiger partial charge on any atom is 0.416 e. The number of nitrogens with zero attached hydrogens (tertiary/aromatic N) is 8. The van der Waals surface area contributed by atoms with Gasteiger partial charge in [-0.25, -0.2) is 0 Å². The molecule has 8 aromatic carbocycles. The minimum atomic E-state index is -4.67. The van der Waals surface area contributed by atoms with Gasteiger partial charge in [0.25, 0.3) is 0 Å². The van der Waals surface area contributed by atoms with Gasteiger partial charge in [0.1, 0.15) is 0 Å². The minimum Gasteiger partial charge on any atom is -0.382 e. The number of piperidine rings is 1. The molecule has 2 heterocycles. The summed E-state index contributed by atoms with van der Waals surface area (Å²) in [5.41, 5.74) is 4.43. The summed E-state index contributed by atoms with van der Waals surface area (Å²) in [6.45, 7) is 3.57. The molecule has 0 spiro atoms. The monoisotopic (exact) mass is 1260 g/mol. The van der Waals surface area contributed by atoms with Crippen LogP contribution in [0.2, 0.25) is 0 Å². The van der Waals surface area contributed by atoms with Gasteiger partial charge in [-0.15, -0.1) is 0 Å². The van der Waals surface area contributed by atoms with Crippen molar-refractivity contribution in [1.82, 2.24) is 0 Å². The largest absolute Gasteiger partial charge is 0.416 e. The van der Waals surface area contributed by atoms with E-state index in [0.29, 0.717) is 77.4 Å². The highest BCUT2D eigenvalue weighted by molar-refractivity contribution is 5.93. The molecule has 0 saturated carbocycles. The maximum absolute atomic E-state index is 13.0. The van der Waals surface area contributed by atoms with Gasteiger partial charge in [-0.2, -0.15) is 73.7 Å². The lowest BCUT2D eigenvalue weighted by molar-refractivity contribution is -0.213. The molecule has 0 aliphatic carbocycles. The Hall–Kier alpha value is -9.04. The number of benzene rings is 8. The molecular weight excluding hydrogens is 1200 g/mol. The first-order valence-corrected chi connectivity index (χ1v) is 28.0. The normalized spacial score (nSPS) is 17.2. The predicted octanol–water partition coefficient (Wildman–Crippen LogP) is 14.1. The molecule has 2 unspecified atom stereocenters. The van der Waals surface area contributed by atoms with Crippen LogP contribution < -0.4 is 19.6 Å². The van der Waals surface area contributed by atoms with Crippen molar-refractivity contribution < 1.29 is 73.1 Å². The molecule has 2 aliphatic rings. The molecule has 90 heavy (non-hydrogen) atoms. The van der Waals surface area contributed by atoms with Gasteiger partial charge in [0.05, 0.1) is 70.7 Å². The quantitative estimate of drug-likeness (QED) is 0.0950. The van der Waals surface area contributed by atoms with Gasteiger partial charge in [0.2, 0.25) is 0 Å². The number of aliphatic hydroxyl groups is 4. The zero-order chi connectivity index (χ0) is 66.2. The molecule has 0 radical (unpaired) electrons. The third kappa shape index (κ3) is 15.7. The zero-order valence-electron chi connectivity index (χ0n) is 48.6. The topological polar surface area (TPSA) is 189 Å². The first kappa shape index (κ1) is 68.5. The predicted molar refractivity (Wildman–Crippen MR) is 319 cm³/mol. The SMILES string of the molecule is C[C@H]([C@@H](O)C(F)(F)F)N(C)c1ccc2c(C#N)cccc2c1.C[C@H]([C@H](O)C(F)(F)F)N(C)c1ccc2c(C#N)cccc2c1.N#Cc1cccc2cc(N3CCC3[C@H](O)C(F)(F)F)ccc12.N#Cc1cccc2cc(N3CCCCC3[C@@H](O)C(F)(F)F)ccc12. The smallest absolute Gasteiger partial charge is 0.382 e. The van der Waals surface area contributed by atoms with Gasteiger partial charge in [0.15, 0.2) is 24.4 Å². The molecule has 0 amide bonds. The van der Waals surface area contributed by atoms with Gasteiger partial charge in [-0.1, -0.05) is 72.8 Å². The molecule has 24 heteroatoms. The summed E-state index contributed by atoms with van der Waals surface area (Å²) < 4.78 is 153. The summed E-state index contributed by atoms with van der Waals surface area (Å²) in [5, 5.41) is 80.3. The first-order valence-electron chi connectivity index (χ1n) is 28.0. The fourth-order valence-corrected chi connectivity index (χ4v) is 10.8. The van der Waals surface area contributed by atoms with Crippen molar-refractivity contribution in [2.24, 2.45) is 0 Å². The van der Waals surface area contributed by atoms with Crippen LogP contribution in [0, 0.1) is 45.3 Å². The van der Waals surface area contributed by atoms with Crippen molar-refractivity contribution >= 4 is 65.8 Å². The van der Waals surface area contributed by atoms with Crippen LogP contribution in [-0.4, -0.2) is 121 Å². The third-order valence-electron chi connectivity index (χ3n) is 16.2. The summed E-state index contributed by atoms with van der Waals surface area (Å²) in [4.78, 5) is 5.93. The number of aliphatic hydroxyl groups excluding tert-OH is 4. The molecule has 12 nitrogen and oxygen atoms in total. The Labute approximate surface area is 510 Å². The molecule has 0 bridgehead atoms. The number of fused-ring (bicyclic) bond motifs is 4. The van der Waals surface area contributed by atoms with Gasteiger partial charge in [-0.3, -0.25) is 0 Å². The van der Waals surface area contributed by atoms with Crippen LogP contribution in [0.5, 0.6) is 0 Å². The molecule has 8 aromatic rings. The van der Waals surface area contributed by atoms with E-state index in [9.17, 15) is 73.1 Å². The van der Waals surface area contributed by atoms with Crippen LogP contribution >= 0.6 is 0 Å². The van der Waals surface area contributed by atoms with Crippen molar-refractivity contribution in [3.8, 4) is 24.3 Å². The summed E-state index contributed by atoms with van der Waals surface area (Å²) in [5.74, 6) is 0. The second-order valence-corrected chi connectivity index (χ2v) is 21.7. The van der Waals surface area contributed by atoms with E-state index in [2.05, 4.69) is 24.3 Å². The summed E-state index contributed by atoms with van der Waals surface area (Å²) in [6, 6.07) is 45.7. The van der Waals surface area contributed by atoms with E-state index in [4.69, 9.17) is 21.0 Å². The van der Waals surface area contributed by atoms with Gasteiger partial charge in [-0.05, 0) is 155 Å². The average Bonchev–Trinajstić information content (AvgIpc) is 0.821. The Morgan fingerprint density at radius 3 is 1.02 bits per heavy atom. The number of hydrogen-bond donors (Lipinski definition) is 4. The molecule has 472 valence electrons. The van der Waals surface area contributed by atoms with Crippen molar-refractivity contribution in [1.29, 1.82) is 21.0 Å². The maximum atomic E-state index is 13.0. The summed E-state index contributed by atoms with van der Waals surface area (Å²) in [6.07, 6.45) is -26.1. The minimum absolute atomic E-state index is 0.303. The number of anilines is 4. The Bertz CT molecular complexity index is 3710. The Balaban J connectivity index is 0.000000171. The first-order chi connectivity index (χ1) is 42.3. The van der Waals surface area contributed by atoms with E-state index in [-0.39, 0.29) is 0 Å². The van der Waals surface area contributed by atoms with E-state index in [1.165, 1.54) is 37.7 Å². The number of alkyl halides is 12.